The number of carbonyl (C=O) groups excluding carboxylic acids is 1. The van der Waals surface area contributed by atoms with Gasteiger partial charge in [-0.3, -0.25) is 4.79 Å². The Hall–Kier alpha value is -1.88. The summed E-state index contributed by atoms with van der Waals surface area (Å²) in [6.45, 7) is 8.85. The molecule has 0 N–H and O–H groups in total. The molecule has 1 heterocycles. The van der Waals surface area contributed by atoms with Crippen LogP contribution in [-0.4, -0.2) is 38.2 Å². The van der Waals surface area contributed by atoms with E-state index in [1.54, 1.807) is 16.8 Å². The first kappa shape index (κ1) is 18.5. The molecule has 1 unspecified atom stereocenters. The van der Waals surface area contributed by atoms with E-state index >= 15 is 0 Å². The quantitative estimate of drug-likeness (QED) is 0.750. The number of benzene rings is 1. The molecule has 1 amide bonds. The Labute approximate surface area is 148 Å². The van der Waals surface area contributed by atoms with Crippen LogP contribution in [0.4, 0.5) is 0 Å². The predicted octanol–water partition coefficient (Wildman–Crippen LogP) is 4.27. The molecule has 2 rings (SSSR count). The van der Waals surface area contributed by atoms with Crippen LogP contribution in [0.5, 0.6) is 0 Å². The first-order chi connectivity index (χ1) is 11.5. The number of carbonyl (C=O) groups is 1. The van der Waals surface area contributed by atoms with Gasteiger partial charge in [-0.15, -0.1) is 5.10 Å². The average Bonchev–Trinajstić information content (AvgIpc) is 2.97. The molecule has 24 heavy (non-hydrogen) atoms. The van der Waals surface area contributed by atoms with E-state index in [0.29, 0.717) is 10.8 Å². The highest BCUT2D eigenvalue weighted by Gasteiger charge is 2.24. The summed E-state index contributed by atoms with van der Waals surface area (Å²) in [4.78, 5) is 19.1. The molecule has 130 valence electrons. The van der Waals surface area contributed by atoms with Gasteiger partial charge in [0.2, 0.25) is 5.82 Å². The van der Waals surface area contributed by atoms with Gasteiger partial charge in [0.05, 0.1) is 5.69 Å². The number of unbranched alkanes of at least 4 members (excludes halogenated alkanes) is 1. The molecule has 6 heteroatoms. The van der Waals surface area contributed by atoms with Crippen molar-refractivity contribution in [1.29, 1.82) is 0 Å². The third-order valence-corrected chi connectivity index (χ3v) is 4.42. The van der Waals surface area contributed by atoms with Crippen molar-refractivity contribution in [3.63, 3.8) is 0 Å². The number of aromatic nitrogens is 3. The molecule has 0 spiro atoms. The third kappa shape index (κ3) is 4.15. The van der Waals surface area contributed by atoms with Gasteiger partial charge in [0.1, 0.15) is 5.82 Å². The van der Waals surface area contributed by atoms with Gasteiger partial charge in [-0.2, -0.15) is 0 Å². The maximum absolute atomic E-state index is 12.9. The predicted molar refractivity (Wildman–Crippen MR) is 96.8 cm³/mol. The zero-order valence-corrected chi connectivity index (χ0v) is 15.5. The van der Waals surface area contributed by atoms with Gasteiger partial charge in [0, 0.05) is 17.6 Å². The fourth-order valence-electron chi connectivity index (χ4n) is 2.51. The van der Waals surface area contributed by atoms with E-state index in [1.165, 1.54) is 0 Å². The van der Waals surface area contributed by atoms with Crippen LogP contribution >= 0.6 is 11.6 Å². The van der Waals surface area contributed by atoms with Crippen LogP contribution in [0.3, 0.4) is 0 Å². The summed E-state index contributed by atoms with van der Waals surface area (Å²) in [5.41, 5.74) is 0.840. The van der Waals surface area contributed by atoms with Crippen molar-refractivity contribution < 1.29 is 4.79 Å². The van der Waals surface area contributed by atoms with Gasteiger partial charge < -0.3 is 4.90 Å². The number of hydrogen-bond acceptors (Lipinski definition) is 3. The lowest BCUT2D eigenvalue weighted by Crippen LogP contribution is -2.39. The van der Waals surface area contributed by atoms with Gasteiger partial charge >= 0.3 is 0 Å². The molecule has 2 aromatic rings. The zero-order valence-electron chi connectivity index (χ0n) is 14.8. The Morgan fingerprint density at radius 3 is 2.54 bits per heavy atom. The van der Waals surface area contributed by atoms with Crippen molar-refractivity contribution in [3.05, 3.63) is 40.9 Å². The van der Waals surface area contributed by atoms with Crippen LogP contribution in [0.2, 0.25) is 5.02 Å². The fourth-order valence-corrected chi connectivity index (χ4v) is 2.63. The second-order valence-corrected chi connectivity index (χ2v) is 6.42. The topological polar surface area (TPSA) is 51.0 Å². The molecule has 1 aromatic heterocycles. The Kier molecular flexibility index (Phi) is 6.37. The van der Waals surface area contributed by atoms with Crippen LogP contribution in [0.15, 0.2) is 24.3 Å². The molecule has 0 aliphatic carbocycles. The normalized spacial score (nSPS) is 12.2. The SMILES string of the molecule is CCCCN(C(=O)c1nc(C)n(-c2ccc(Cl)cc2)n1)C(C)CC. The number of halogens is 1. The molecule has 0 radical (unpaired) electrons. The molecular formula is C18H25ClN4O. The first-order valence-electron chi connectivity index (χ1n) is 8.48. The molecule has 1 atom stereocenters. The summed E-state index contributed by atoms with van der Waals surface area (Å²) >= 11 is 5.93. The van der Waals surface area contributed by atoms with Crippen molar-refractivity contribution in [3.8, 4) is 5.69 Å². The van der Waals surface area contributed by atoms with E-state index in [2.05, 4.69) is 30.9 Å². The Morgan fingerprint density at radius 2 is 1.96 bits per heavy atom. The fraction of sp³-hybridized carbons (Fsp3) is 0.500. The number of nitrogens with zero attached hydrogens (tertiary/aromatic N) is 4. The molecule has 5 nitrogen and oxygen atoms in total. The number of rotatable bonds is 7. The maximum atomic E-state index is 12.9. The lowest BCUT2D eigenvalue weighted by atomic mass is 10.2. The first-order valence-corrected chi connectivity index (χ1v) is 8.86. The van der Waals surface area contributed by atoms with Crippen molar-refractivity contribution in [1.82, 2.24) is 19.7 Å². The van der Waals surface area contributed by atoms with Crippen molar-refractivity contribution >= 4 is 17.5 Å². The van der Waals surface area contributed by atoms with E-state index in [-0.39, 0.29) is 17.8 Å². The molecular weight excluding hydrogens is 324 g/mol. The highest BCUT2D eigenvalue weighted by molar-refractivity contribution is 6.30. The van der Waals surface area contributed by atoms with Crippen LogP contribution < -0.4 is 0 Å². The Morgan fingerprint density at radius 1 is 1.29 bits per heavy atom. The monoisotopic (exact) mass is 348 g/mol. The van der Waals surface area contributed by atoms with Crippen LogP contribution in [0, 0.1) is 6.92 Å². The molecule has 0 saturated carbocycles. The smallest absolute Gasteiger partial charge is 0.293 e. The number of aryl methyl sites for hydroxylation is 1. The van der Waals surface area contributed by atoms with Gasteiger partial charge in [-0.25, -0.2) is 9.67 Å². The van der Waals surface area contributed by atoms with Crippen LogP contribution in [-0.2, 0) is 0 Å². The maximum Gasteiger partial charge on any atom is 0.293 e. The summed E-state index contributed by atoms with van der Waals surface area (Å²) < 4.78 is 1.68. The minimum absolute atomic E-state index is 0.103. The molecule has 0 bridgehead atoms. The Balaban J connectivity index is 2.29. The van der Waals surface area contributed by atoms with E-state index < -0.39 is 0 Å². The van der Waals surface area contributed by atoms with Gasteiger partial charge in [0.15, 0.2) is 0 Å². The van der Waals surface area contributed by atoms with E-state index in [9.17, 15) is 4.79 Å². The lowest BCUT2D eigenvalue weighted by Gasteiger charge is -2.27. The summed E-state index contributed by atoms with van der Waals surface area (Å²) in [6, 6.07) is 7.49. The van der Waals surface area contributed by atoms with Crippen molar-refractivity contribution in [2.75, 3.05) is 6.54 Å². The molecule has 0 aliphatic heterocycles. The number of hydrogen-bond donors (Lipinski definition) is 0. The van der Waals surface area contributed by atoms with Crippen molar-refractivity contribution in [2.45, 2.75) is 53.0 Å². The summed E-state index contributed by atoms with van der Waals surface area (Å²) in [6.07, 6.45) is 2.94. The highest BCUT2D eigenvalue weighted by atomic mass is 35.5. The Bertz CT molecular complexity index is 681. The zero-order chi connectivity index (χ0) is 17.7. The van der Waals surface area contributed by atoms with Crippen molar-refractivity contribution in [2.24, 2.45) is 0 Å². The molecule has 1 aromatic carbocycles. The molecule has 0 fully saturated rings. The third-order valence-electron chi connectivity index (χ3n) is 4.17. The summed E-state index contributed by atoms with van der Waals surface area (Å²) in [5, 5.41) is 5.09. The molecule has 0 aliphatic rings. The lowest BCUT2D eigenvalue weighted by molar-refractivity contribution is 0.0672. The van der Waals surface area contributed by atoms with Gasteiger partial charge in [0.25, 0.3) is 5.91 Å². The van der Waals surface area contributed by atoms with E-state index in [0.717, 1.165) is 31.5 Å². The van der Waals surface area contributed by atoms with Gasteiger partial charge in [-0.1, -0.05) is 31.9 Å². The second-order valence-electron chi connectivity index (χ2n) is 5.98. The number of amides is 1. The van der Waals surface area contributed by atoms with Crippen LogP contribution in [0.1, 0.15) is 56.5 Å². The summed E-state index contributed by atoms with van der Waals surface area (Å²) in [7, 11) is 0. The summed E-state index contributed by atoms with van der Waals surface area (Å²) in [5.74, 6) is 0.827. The highest BCUT2D eigenvalue weighted by Crippen LogP contribution is 2.16. The van der Waals surface area contributed by atoms with Crippen LogP contribution in [0.25, 0.3) is 5.69 Å². The second kappa shape index (κ2) is 8.29. The largest absolute Gasteiger partial charge is 0.333 e. The van der Waals surface area contributed by atoms with E-state index in [4.69, 9.17) is 11.6 Å². The molecule has 0 saturated heterocycles. The average molecular weight is 349 g/mol. The van der Waals surface area contributed by atoms with Gasteiger partial charge in [-0.05, 0) is 51.0 Å². The minimum atomic E-state index is -0.103. The minimum Gasteiger partial charge on any atom is -0.333 e. The van der Waals surface area contributed by atoms with E-state index in [1.807, 2.05) is 24.0 Å². The standard InChI is InChI=1S/C18H25ClN4O/c1-5-7-12-22(13(3)6-2)18(24)17-20-14(4)23(21-17)16-10-8-15(19)9-11-16/h8-11,13H,5-7,12H2,1-4H3.